The molecule has 0 bridgehead atoms. The van der Waals surface area contributed by atoms with Crippen molar-refractivity contribution in [3.63, 3.8) is 0 Å². The van der Waals surface area contributed by atoms with Crippen LogP contribution in [0.15, 0.2) is 54.6 Å². The van der Waals surface area contributed by atoms with Gasteiger partial charge in [0.05, 0.1) is 16.9 Å². The summed E-state index contributed by atoms with van der Waals surface area (Å²) >= 11 is 0. The van der Waals surface area contributed by atoms with E-state index in [2.05, 4.69) is 10.3 Å². The van der Waals surface area contributed by atoms with Gasteiger partial charge < -0.3 is 4.74 Å². The molecule has 3 rings (SSSR count). The number of nitrogens with zero attached hydrogens (tertiary/aromatic N) is 1. The number of fused-ring (bicyclic) bond motifs is 1. The van der Waals surface area contributed by atoms with E-state index in [-0.39, 0.29) is 5.82 Å². The number of carbonyl (C=O) groups excluding carboxylic acids is 1. The number of ether oxygens (including phenoxy) is 1. The smallest absolute Gasteiger partial charge is 0.410 e. The molecule has 5 heteroatoms. The summed E-state index contributed by atoms with van der Waals surface area (Å²) in [6.07, 6.45) is -0.619. The number of para-hydroxylation sites is 1. The molecule has 0 saturated carbocycles. The van der Waals surface area contributed by atoms with Crippen LogP contribution in [0.5, 0.6) is 5.75 Å². The quantitative estimate of drug-likeness (QED) is 0.767. The number of aromatic nitrogens is 1. The number of hydrogen-bond donors (Lipinski definition) is 1. The van der Waals surface area contributed by atoms with Gasteiger partial charge in [0.1, 0.15) is 11.6 Å². The maximum absolute atomic E-state index is 13.3. The monoisotopic (exact) mass is 296 g/mol. The molecule has 3 aromatic rings. The minimum absolute atomic E-state index is 0.351. The molecule has 1 N–H and O–H groups in total. The number of aryl methyl sites for hydroxylation is 1. The second-order valence-corrected chi connectivity index (χ2v) is 4.79. The highest BCUT2D eigenvalue weighted by Crippen LogP contribution is 2.22. The lowest BCUT2D eigenvalue weighted by Gasteiger charge is -2.10. The van der Waals surface area contributed by atoms with Crippen molar-refractivity contribution in [2.75, 3.05) is 5.32 Å². The number of halogens is 1. The number of rotatable bonds is 2. The van der Waals surface area contributed by atoms with E-state index in [1.807, 2.05) is 6.07 Å². The van der Waals surface area contributed by atoms with Gasteiger partial charge in [-0.3, -0.25) is 10.3 Å². The summed E-state index contributed by atoms with van der Waals surface area (Å²) in [6.45, 7) is 1.76. The van der Waals surface area contributed by atoms with E-state index < -0.39 is 6.09 Å². The minimum Gasteiger partial charge on any atom is -0.410 e. The second kappa shape index (κ2) is 5.81. The van der Waals surface area contributed by atoms with Gasteiger partial charge in [-0.2, -0.15) is 0 Å². The van der Waals surface area contributed by atoms with Crippen LogP contribution in [0.1, 0.15) is 5.69 Å². The first-order chi connectivity index (χ1) is 10.6. The first kappa shape index (κ1) is 14.0. The largest absolute Gasteiger partial charge is 0.417 e. The molecule has 1 aromatic heterocycles. The zero-order valence-corrected chi connectivity index (χ0v) is 11.8. The topological polar surface area (TPSA) is 51.2 Å². The number of anilines is 1. The normalized spacial score (nSPS) is 10.5. The maximum atomic E-state index is 13.3. The Morgan fingerprint density at radius 1 is 1.14 bits per heavy atom. The number of amides is 1. The molecule has 0 saturated heterocycles. The molecule has 110 valence electrons. The average Bonchev–Trinajstić information content (AvgIpc) is 2.49. The van der Waals surface area contributed by atoms with Gasteiger partial charge in [0.25, 0.3) is 0 Å². The van der Waals surface area contributed by atoms with E-state index >= 15 is 0 Å². The molecule has 0 aliphatic rings. The van der Waals surface area contributed by atoms with Crippen LogP contribution in [0.4, 0.5) is 14.9 Å². The molecule has 0 unspecified atom stereocenters. The molecular formula is C17H13FN2O2. The first-order valence-electron chi connectivity index (χ1n) is 6.72. The summed E-state index contributed by atoms with van der Waals surface area (Å²) in [5.41, 5.74) is 1.78. The minimum atomic E-state index is -0.619. The van der Waals surface area contributed by atoms with Crippen molar-refractivity contribution in [2.45, 2.75) is 6.92 Å². The van der Waals surface area contributed by atoms with Crippen LogP contribution in [0.2, 0.25) is 0 Å². The molecule has 2 aromatic carbocycles. The van der Waals surface area contributed by atoms with Crippen LogP contribution in [0.25, 0.3) is 10.9 Å². The van der Waals surface area contributed by atoms with Crippen molar-refractivity contribution in [1.29, 1.82) is 0 Å². The summed E-state index contributed by atoms with van der Waals surface area (Å²) in [5, 5.41) is 3.24. The van der Waals surface area contributed by atoms with E-state index in [0.717, 1.165) is 0 Å². The molecule has 1 amide bonds. The van der Waals surface area contributed by atoms with Crippen LogP contribution in [-0.4, -0.2) is 11.1 Å². The van der Waals surface area contributed by atoms with E-state index in [1.54, 1.807) is 43.3 Å². The third-order valence-electron chi connectivity index (χ3n) is 3.16. The summed E-state index contributed by atoms with van der Waals surface area (Å²) in [6, 6.07) is 14.7. The third-order valence-corrected chi connectivity index (χ3v) is 3.16. The van der Waals surface area contributed by atoms with Crippen molar-refractivity contribution in [1.82, 2.24) is 4.98 Å². The molecule has 0 aliphatic carbocycles. The van der Waals surface area contributed by atoms with Crippen LogP contribution in [0, 0.1) is 12.7 Å². The molecule has 0 aliphatic heterocycles. The van der Waals surface area contributed by atoms with Gasteiger partial charge in [-0.05, 0) is 43.3 Å². The summed E-state index contributed by atoms with van der Waals surface area (Å²) in [5.74, 6) is 0.0911. The Bertz CT molecular complexity index is 835. The molecule has 0 radical (unpaired) electrons. The summed E-state index contributed by atoms with van der Waals surface area (Å²) in [7, 11) is 0. The Morgan fingerprint density at radius 3 is 2.68 bits per heavy atom. The SMILES string of the molecule is Cc1nc2ccc(F)cc2cc1NC(=O)Oc1ccccc1. The number of benzene rings is 2. The lowest BCUT2D eigenvalue weighted by Crippen LogP contribution is -2.17. The molecule has 0 fully saturated rings. The van der Waals surface area contributed by atoms with Crippen molar-refractivity contribution >= 4 is 22.7 Å². The fraction of sp³-hybridized carbons (Fsp3) is 0.0588. The number of nitrogens with one attached hydrogen (secondary N) is 1. The van der Waals surface area contributed by atoms with Gasteiger partial charge in [0, 0.05) is 5.39 Å². The average molecular weight is 296 g/mol. The van der Waals surface area contributed by atoms with Gasteiger partial charge >= 0.3 is 6.09 Å². The number of carbonyl (C=O) groups is 1. The summed E-state index contributed by atoms with van der Waals surface area (Å²) in [4.78, 5) is 16.2. The van der Waals surface area contributed by atoms with Gasteiger partial charge in [-0.25, -0.2) is 9.18 Å². The van der Waals surface area contributed by atoms with E-state index in [1.165, 1.54) is 12.1 Å². The van der Waals surface area contributed by atoms with Crippen molar-refractivity contribution in [2.24, 2.45) is 0 Å². The van der Waals surface area contributed by atoms with Crippen LogP contribution < -0.4 is 10.1 Å². The molecule has 22 heavy (non-hydrogen) atoms. The van der Waals surface area contributed by atoms with Crippen molar-refractivity contribution in [3.05, 3.63) is 66.1 Å². The molecule has 0 atom stereocenters. The Kier molecular flexibility index (Phi) is 3.70. The highest BCUT2D eigenvalue weighted by Gasteiger charge is 2.09. The first-order valence-corrected chi connectivity index (χ1v) is 6.72. The second-order valence-electron chi connectivity index (χ2n) is 4.79. The molecular weight excluding hydrogens is 283 g/mol. The Labute approximate surface area is 126 Å². The molecule has 0 spiro atoms. The Balaban J connectivity index is 1.83. The predicted octanol–water partition coefficient (Wildman–Crippen LogP) is 4.29. The summed E-state index contributed by atoms with van der Waals surface area (Å²) < 4.78 is 18.4. The third kappa shape index (κ3) is 3.03. The van der Waals surface area contributed by atoms with Gasteiger partial charge in [0.15, 0.2) is 0 Å². The zero-order chi connectivity index (χ0) is 15.5. The van der Waals surface area contributed by atoms with Gasteiger partial charge in [0.2, 0.25) is 0 Å². The maximum Gasteiger partial charge on any atom is 0.417 e. The van der Waals surface area contributed by atoms with E-state index in [9.17, 15) is 9.18 Å². The fourth-order valence-corrected chi connectivity index (χ4v) is 2.10. The van der Waals surface area contributed by atoms with Gasteiger partial charge in [-0.1, -0.05) is 18.2 Å². The van der Waals surface area contributed by atoms with Crippen LogP contribution in [0.3, 0.4) is 0 Å². The zero-order valence-electron chi connectivity index (χ0n) is 11.8. The molecule has 1 heterocycles. The lowest BCUT2D eigenvalue weighted by molar-refractivity contribution is 0.215. The standard InChI is InChI=1S/C17H13FN2O2/c1-11-16(10-12-9-13(18)7-8-15(12)19-11)20-17(21)22-14-5-3-2-4-6-14/h2-10H,1H3,(H,20,21). The number of pyridine rings is 1. The van der Waals surface area contributed by atoms with Gasteiger partial charge in [-0.15, -0.1) is 0 Å². The number of hydrogen-bond acceptors (Lipinski definition) is 3. The highest BCUT2D eigenvalue weighted by molar-refractivity contribution is 5.91. The van der Waals surface area contributed by atoms with Crippen LogP contribution in [-0.2, 0) is 0 Å². The highest BCUT2D eigenvalue weighted by atomic mass is 19.1. The van der Waals surface area contributed by atoms with Crippen molar-refractivity contribution < 1.29 is 13.9 Å². The van der Waals surface area contributed by atoms with Crippen molar-refractivity contribution in [3.8, 4) is 5.75 Å². The molecule has 4 nitrogen and oxygen atoms in total. The fourth-order valence-electron chi connectivity index (χ4n) is 2.10. The van der Waals surface area contributed by atoms with Crippen LogP contribution >= 0.6 is 0 Å². The Morgan fingerprint density at radius 2 is 1.91 bits per heavy atom. The lowest BCUT2D eigenvalue weighted by atomic mass is 10.2. The van der Waals surface area contributed by atoms with E-state index in [4.69, 9.17) is 4.74 Å². The Hall–Kier alpha value is -2.95. The predicted molar refractivity (Wildman–Crippen MR) is 82.5 cm³/mol. The van der Waals surface area contributed by atoms with E-state index in [0.29, 0.717) is 28.0 Å².